The first-order valence-corrected chi connectivity index (χ1v) is 6.94. The molecule has 0 aliphatic heterocycles. The average molecular weight is 266 g/mol. The number of aryl methyl sites for hydroxylation is 1. The molecule has 3 rings (SSSR count). The molecule has 0 aliphatic rings. The first-order chi connectivity index (χ1) is 9.92. The zero-order valence-corrected chi connectivity index (χ0v) is 11.4. The largest absolute Gasteiger partial charge is 0.377 e. The first-order valence-electron chi connectivity index (χ1n) is 6.94. The number of benzene rings is 2. The predicted molar refractivity (Wildman–Crippen MR) is 80.5 cm³/mol. The molecule has 102 valence electrons. The van der Waals surface area contributed by atoms with E-state index < -0.39 is 0 Å². The van der Waals surface area contributed by atoms with Crippen molar-refractivity contribution in [2.45, 2.75) is 19.4 Å². The number of ether oxygens (including phenoxy) is 1. The van der Waals surface area contributed by atoms with Gasteiger partial charge in [-0.05, 0) is 35.2 Å². The van der Waals surface area contributed by atoms with Crippen molar-refractivity contribution >= 4 is 10.8 Å². The van der Waals surface area contributed by atoms with Crippen LogP contribution in [0.25, 0.3) is 10.8 Å². The molecule has 3 heteroatoms. The summed E-state index contributed by atoms with van der Waals surface area (Å²) >= 11 is 0. The quantitative estimate of drug-likeness (QED) is 0.691. The van der Waals surface area contributed by atoms with Crippen LogP contribution in [0, 0.1) is 0 Å². The lowest BCUT2D eigenvalue weighted by molar-refractivity contribution is 0.118. The van der Waals surface area contributed by atoms with Crippen molar-refractivity contribution in [3.63, 3.8) is 0 Å². The molecule has 3 aromatic rings. The van der Waals surface area contributed by atoms with E-state index in [1.165, 1.54) is 22.0 Å². The SMILES string of the molecule is c1ccc2cc(COCCCc3cnc[nH]3)ccc2c1. The highest BCUT2D eigenvalue weighted by molar-refractivity contribution is 5.82. The third kappa shape index (κ3) is 3.25. The number of H-pyrrole nitrogens is 1. The second kappa shape index (κ2) is 6.35. The molecule has 20 heavy (non-hydrogen) atoms. The molecule has 0 spiro atoms. The number of imidazole rings is 1. The molecule has 0 unspecified atom stereocenters. The van der Waals surface area contributed by atoms with Crippen LogP contribution in [0.5, 0.6) is 0 Å². The van der Waals surface area contributed by atoms with Crippen molar-refractivity contribution in [2.75, 3.05) is 6.61 Å². The van der Waals surface area contributed by atoms with Gasteiger partial charge in [0, 0.05) is 18.5 Å². The van der Waals surface area contributed by atoms with E-state index in [1.807, 2.05) is 6.20 Å². The monoisotopic (exact) mass is 266 g/mol. The second-order valence-corrected chi connectivity index (χ2v) is 4.91. The molecule has 0 fully saturated rings. The zero-order chi connectivity index (χ0) is 13.6. The van der Waals surface area contributed by atoms with Gasteiger partial charge in [0.2, 0.25) is 0 Å². The average Bonchev–Trinajstić information content (AvgIpc) is 3.00. The van der Waals surface area contributed by atoms with E-state index in [4.69, 9.17) is 4.74 Å². The van der Waals surface area contributed by atoms with Crippen LogP contribution in [0.15, 0.2) is 55.0 Å². The summed E-state index contributed by atoms with van der Waals surface area (Å²) in [5, 5.41) is 2.54. The minimum atomic E-state index is 0.674. The summed E-state index contributed by atoms with van der Waals surface area (Å²) in [7, 11) is 0. The van der Waals surface area contributed by atoms with Crippen LogP contribution < -0.4 is 0 Å². The lowest BCUT2D eigenvalue weighted by Crippen LogP contribution is -1.97. The van der Waals surface area contributed by atoms with E-state index in [-0.39, 0.29) is 0 Å². The van der Waals surface area contributed by atoms with E-state index in [2.05, 4.69) is 52.4 Å². The van der Waals surface area contributed by atoms with Crippen molar-refractivity contribution in [3.8, 4) is 0 Å². The van der Waals surface area contributed by atoms with Crippen molar-refractivity contribution in [1.29, 1.82) is 0 Å². The normalized spacial score (nSPS) is 11.0. The van der Waals surface area contributed by atoms with Gasteiger partial charge in [0.25, 0.3) is 0 Å². The van der Waals surface area contributed by atoms with Gasteiger partial charge in [-0.25, -0.2) is 4.98 Å². The summed E-state index contributed by atoms with van der Waals surface area (Å²) in [6.07, 6.45) is 5.57. The van der Waals surface area contributed by atoms with Gasteiger partial charge in [-0.2, -0.15) is 0 Å². The van der Waals surface area contributed by atoms with Gasteiger partial charge in [-0.15, -0.1) is 0 Å². The Hall–Kier alpha value is -2.13. The maximum Gasteiger partial charge on any atom is 0.0921 e. The molecule has 0 saturated heterocycles. The van der Waals surface area contributed by atoms with Gasteiger partial charge in [0.15, 0.2) is 0 Å². The van der Waals surface area contributed by atoms with Gasteiger partial charge in [-0.3, -0.25) is 0 Å². The van der Waals surface area contributed by atoms with E-state index in [0.29, 0.717) is 6.61 Å². The third-order valence-corrected chi connectivity index (χ3v) is 3.37. The molecule has 0 amide bonds. The highest BCUT2D eigenvalue weighted by Gasteiger charge is 1.98. The molecule has 0 aliphatic carbocycles. The zero-order valence-electron chi connectivity index (χ0n) is 11.4. The van der Waals surface area contributed by atoms with Gasteiger partial charge in [0.1, 0.15) is 0 Å². The highest BCUT2D eigenvalue weighted by Crippen LogP contribution is 2.16. The topological polar surface area (TPSA) is 37.9 Å². The Kier molecular flexibility index (Phi) is 4.09. The molecule has 1 aromatic heterocycles. The number of nitrogens with one attached hydrogen (secondary N) is 1. The Balaban J connectivity index is 1.47. The molecule has 1 heterocycles. The standard InChI is InChI=1S/C17H18N2O/c1-2-5-16-10-14(7-8-15(16)4-1)12-20-9-3-6-17-11-18-13-19-17/h1-2,4-5,7-8,10-11,13H,3,6,9,12H2,(H,18,19). The van der Waals surface area contributed by atoms with E-state index in [0.717, 1.165) is 19.4 Å². The van der Waals surface area contributed by atoms with Crippen LogP contribution in [0.2, 0.25) is 0 Å². The molecule has 0 radical (unpaired) electrons. The Bertz CT molecular complexity index is 662. The molecule has 0 saturated carbocycles. The molecule has 2 aromatic carbocycles. The second-order valence-electron chi connectivity index (χ2n) is 4.91. The minimum Gasteiger partial charge on any atom is -0.377 e. The first kappa shape index (κ1) is 12.9. The fourth-order valence-electron chi connectivity index (χ4n) is 2.30. The molecule has 1 N–H and O–H groups in total. The van der Waals surface area contributed by atoms with Crippen LogP contribution in [0.1, 0.15) is 17.7 Å². The van der Waals surface area contributed by atoms with E-state index in [9.17, 15) is 0 Å². The third-order valence-electron chi connectivity index (χ3n) is 3.37. The van der Waals surface area contributed by atoms with Crippen LogP contribution in [0.4, 0.5) is 0 Å². The number of rotatable bonds is 6. The van der Waals surface area contributed by atoms with Crippen molar-refractivity contribution in [2.24, 2.45) is 0 Å². The lowest BCUT2D eigenvalue weighted by Gasteiger charge is -2.05. The Morgan fingerprint density at radius 2 is 1.95 bits per heavy atom. The Morgan fingerprint density at radius 1 is 1.05 bits per heavy atom. The number of aromatic nitrogens is 2. The van der Waals surface area contributed by atoms with Crippen molar-refractivity contribution < 1.29 is 4.74 Å². The van der Waals surface area contributed by atoms with Crippen molar-refractivity contribution in [3.05, 3.63) is 66.2 Å². The molecule has 0 bridgehead atoms. The molecular weight excluding hydrogens is 248 g/mol. The highest BCUT2D eigenvalue weighted by atomic mass is 16.5. The van der Waals surface area contributed by atoms with E-state index >= 15 is 0 Å². The summed E-state index contributed by atoms with van der Waals surface area (Å²) in [5.41, 5.74) is 2.39. The van der Waals surface area contributed by atoms with Gasteiger partial charge in [-0.1, -0.05) is 36.4 Å². The molecule has 0 atom stereocenters. The number of fused-ring (bicyclic) bond motifs is 1. The summed E-state index contributed by atoms with van der Waals surface area (Å²) in [6.45, 7) is 1.44. The number of nitrogens with zero attached hydrogens (tertiary/aromatic N) is 1. The number of hydrogen-bond donors (Lipinski definition) is 1. The van der Waals surface area contributed by atoms with Crippen LogP contribution in [0.3, 0.4) is 0 Å². The van der Waals surface area contributed by atoms with Crippen LogP contribution in [-0.4, -0.2) is 16.6 Å². The lowest BCUT2D eigenvalue weighted by atomic mass is 10.1. The minimum absolute atomic E-state index is 0.674. The number of hydrogen-bond acceptors (Lipinski definition) is 2. The summed E-state index contributed by atoms with van der Waals surface area (Å²) in [4.78, 5) is 7.10. The fourth-order valence-corrected chi connectivity index (χ4v) is 2.30. The van der Waals surface area contributed by atoms with Crippen molar-refractivity contribution in [1.82, 2.24) is 9.97 Å². The fraction of sp³-hybridized carbons (Fsp3) is 0.235. The Morgan fingerprint density at radius 3 is 2.80 bits per heavy atom. The van der Waals surface area contributed by atoms with Gasteiger partial charge < -0.3 is 9.72 Å². The van der Waals surface area contributed by atoms with Crippen LogP contribution >= 0.6 is 0 Å². The maximum absolute atomic E-state index is 5.73. The maximum atomic E-state index is 5.73. The Labute approximate surface area is 118 Å². The molecular formula is C17H18N2O. The smallest absolute Gasteiger partial charge is 0.0921 e. The van der Waals surface area contributed by atoms with Gasteiger partial charge in [0.05, 0.1) is 12.9 Å². The van der Waals surface area contributed by atoms with Crippen LogP contribution in [-0.2, 0) is 17.8 Å². The van der Waals surface area contributed by atoms with E-state index in [1.54, 1.807) is 6.33 Å². The number of aromatic amines is 1. The molecule has 3 nitrogen and oxygen atoms in total. The predicted octanol–water partition coefficient (Wildman–Crippen LogP) is 3.71. The summed E-state index contributed by atoms with van der Waals surface area (Å²) in [6, 6.07) is 14.9. The summed E-state index contributed by atoms with van der Waals surface area (Å²) in [5.74, 6) is 0. The summed E-state index contributed by atoms with van der Waals surface area (Å²) < 4.78 is 5.73. The van der Waals surface area contributed by atoms with Gasteiger partial charge >= 0.3 is 0 Å².